The molecule has 1 aromatic rings. The molecule has 0 saturated carbocycles. The molecular weight excluding hydrogens is 315 g/mol. The van der Waals surface area contributed by atoms with Crippen molar-refractivity contribution >= 4 is 27.5 Å². The van der Waals surface area contributed by atoms with Crippen LogP contribution in [0.15, 0.2) is 16.6 Å². The lowest BCUT2D eigenvalue weighted by molar-refractivity contribution is 0.0586. The Hall–Kier alpha value is -1.14. The van der Waals surface area contributed by atoms with E-state index in [1.165, 1.54) is 12.1 Å². The largest absolute Gasteiger partial charge is 0.396 e. The maximum atomic E-state index is 13.3. The molecule has 0 aliphatic carbocycles. The molecule has 1 heterocycles. The number of carbonyl (C=O) groups excluding carboxylic acids is 1. The van der Waals surface area contributed by atoms with Gasteiger partial charge in [-0.1, -0.05) is 0 Å². The molecule has 1 amide bonds. The second-order valence-electron chi connectivity index (χ2n) is 4.67. The molecule has 0 spiro atoms. The molecule has 0 aromatic heterocycles. The number of amides is 1. The highest BCUT2D eigenvalue weighted by atomic mass is 79.9. The summed E-state index contributed by atoms with van der Waals surface area (Å²) >= 11 is 3.19. The second-order valence-corrected chi connectivity index (χ2v) is 5.53. The fourth-order valence-electron chi connectivity index (χ4n) is 2.11. The van der Waals surface area contributed by atoms with Gasteiger partial charge in [0.2, 0.25) is 0 Å². The SMILES string of the molecule is CN(CC1CCCO1)C(=O)c1cc(N)c(F)cc1Br. The minimum absolute atomic E-state index is 0.0305. The molecule has 0 radical (unpaired) electrons. The molecule has 1 fully saturated rings. The van der Waals surface area contributed by atoms with Gasteiger partial charge in [-0.15, -0.1) is 0 Å². The van der Waals surface area contributed by atoms with Gasteiger partial charge < -0.3 is 15.4 Å². The standard InChI is InChI=1S/C13H16BrFN2O2/c1-17(7-8-3-2-4-19-8)13(18)9-5-12(16)11(15)6-10(9)14/h5-6,8H,2-4,7,16H2,1H3. The summed E-state index contributed by atoms with van der Waals surface area (Å²) in [7, 11) is 1.70. The van der Waals surface area contributed by atoms with E-state index in [-0.39, 0.29) is 17.7 Å². The van der Waals surface area contributed by atoms with E-state index in [1.54, 1.807) is 11.9 Å². The topological polar surface area (TPSA) is 55.6 Å². The number of nitrogens with zero attached hydrogens (tertiary/aromatic N) is 1. The normalized spacial score (nSPS) is 18.6. The lowest BCUT2D eigenvalue weighted by atomic mass is 10.1. The summed E-state index contributed by atoms with van der Waals surface area (Å²) < 4.78 is 19.2. The number of nitrogens with two attached hydrogens (primary N) is 1. The van der Waals surface area contributed by atoms with E-state index in [0.29, 0.717) is 16.6 Å². The van der Waals surface area contributed by atoms with Crippen LogP contribution in [0.4, 0.5) is 10.1 Å². The number of benzene rings is 1. The highest BCUT2D eigenvalue weighted by Gasteiger charge is 2.22. The van der Waals surface area contributed by atoms with E-state index in [4.69, 9.17) is 10.5 Å². The molecular formula is C13H16BrFN2O2. The number of halogens is 2. The first-order chi connectivity index (χ1) is 8.99. The van der Waals surface area contributed by atoms with Gasteiger partial charge >= 0.3 is 0 Å². The monoisotopic (exact) mass is 330 g/mol. The number of hydrogen-bond donors (Lipinski definition) is 1. The third kappa shape index (κ3) is 3.25. The zero-order valence-electron chi connectivity index (χ0n) is 10.7. The average molecular weight is 331 g/mol. The van der Waals surface area contributed by atoms with Crippen LogP contribution >= 0.6 is 15.9 Å². The minimum Gasteiger partial charge on any atom is -0.396 e. The van der Waals surface area contributed by atoms with E-state index in [2.05, 4.69) is 15.9 Å². The highest BCUT2D eigenvalue weighted by molar-refractivity contribution is 9.10. The predicted molar refractivity (Wildman–Crippen MR) is 74.4 cm³/mol. The van der Waals surface area contributed by atoms with Crippen molar-refractivity contribution in [3.05, 3.63) is 28.0 Å². The molecule has 0 bridgehead atoms. The Bertz CT molecular complexity index is 490. The van der Waals surface area contributed by atoms with E-state index < -0.39 is 5.82 Å². The van der Waals surface area contributed by atoms with Crippen LogP contribution in [0.1, 0.15) is 23.2 Å². The van der Waals surface area contributed by atoms with Crippen molar-refractivity contribution in [2.45, 2.75) is 18.9 Å². The summed E-state index contributed by atoms with van der Waals surface area (Å²) in [6.45, 7) is 1.28. The van der Waals surface area contributed by atoms with E-state index >= 15 is 0 Å². The maximum absolute atomic E-state index is 13.3. The Morgan fingerprint density at radius 3 is 3.00 bits per heavy atom. The van der Waals surface area contributed by atoms with Crippen LogP contribution in [0.25, 0.3) is 0 Å². The molecule has 1 saturated heterocycles. The van der Waals surface area contributed by atoms with Crippen molar-refractivity contribution in [3.63, 3.8) is 0 Å². The van der Waals surface area contributed by atoms with Crippen molar-refractivity contribution in [3.8, 4) is 0 Å². The van der Waals surface area contributed by atoms with Crippen molar-refractivity contribution in [1.29, 1.82) is 0 Å². The molecule has 4 nitrogen and oxygen atoms in total. The molecule has 19 heavy (non-hydrogen) atoms. The third-order valence-electron chi connectivity index (χ3n) is 3.16. The summed E-state index contributed by atoms with van der Waals surface area (Å²) in [5, 5.41) is 0. The van der Waals surface area contributed by atoms with Crippen molar-refractivity contribution in [1.82, 2.24) is 4.90 Å². The number of nitrogen functional groups attached to an aromatic ring is 1. The Morgan fingerprint density at radius 2 is 2.37 bits per heavy atom. The molecule has 104 valence electrons. The van der Waals surface area contributed by atoms with Gasteiger partial charge in [0.15, 0.2) is 0 Å². The summed E-state index contributed by atoms with van der Waals surface area (Å²) in [6.07, 6.45) is 2.08. The van der Waals surface area contributed by atoms with Crippen LogP contribution in [-0.4, -0.2) is 37.1 Å². The van der Waals surface area contributed by atoms with Crippen LogP contribution in [-0.2, 0) is 4.74 Å². The Kier molecular flexibility index (Phi) is 4.42. The fraction of sp³-hybridized carbons (Fsp3) is 0.462. The first-order valence-electron chi connectivity index (χ1n) is 6.10. The van der Waals surface area contributed by atoms with Crippen LogP contribution < -0.4 is 5.73 Å². The quantitative estimate of drug-likeness (QED) is 0.866. The van der Waals surface area contributed by atoms with E-state index in [0.717, 1.165) is 19.4 Å². The molecule has 1 aliphatic heterocycles. The summed E-state index contributed by atoms with van der Waals surface area (Å²) in [5.41, 5.74) is 5.83. The third-order valence-corrected chi connectivity index (χ3v) is 3.82. The van der Waals surface area contributed by atoms with Crippen LogP contribution in [0, 0.1) is 5.82 Å². The first-order valence-corrected chi connectivity index (χ1v) is 6.90. The second kappa shape index (κ2) is 5.88. The Labute approximate surface area is 119 Å². The zero-order chi connectivity index (χ0) is 14.0. The molecule has 1 atom stereocenters. The van der Waals surface area contributed by atoms with Crippen LogP contribution in [0.2, 0.25) is 0 Å². The molecule has 1 aromatic carbocycles. The smallest absolute Gasteiger partial charge is 0.254 e. The Balaban J connectivity index is 2.12. The molecule has 6 heteroatoms. The first kappa shape index (κ1) is 14.3. The Morgan fingerprint density at radius 1 is 1.63 bits per heavy atom. The number of hydrogen-bond acceptors (Lipinski definition) is 3. The summed E-state index contributed by atoms with van der Waals surface area (Å²) in [4.78, 5) is 13.9. The van der Waals surface area contributed by atoms with E-state index in [1.807, 2.05) is 0 Å². The zero-order valence-corrected chi connectivity index (χ0v) is 12.2. The van der Waals surface area contributed by atoms with Gasteiger partial charge in [-0.3, -0.25) is 4.79 Å². The number of anilines is 1. The van der Waals surface area contributed by atoms with Crippen molar-refractivity contribution in [2.24, 2.45) is 0 Å². The number of likely N-dealkylation sites (N-methyl/N-ethyl adjacent to an activating group) is 1. The van der Waals surface area contributed by atoms with Gasteiger partial charge in [0.25, 0.3) is 5.91 Å². The van der Waals surface area contributed by atoms with Gasteiger partial charge in [-0.2, -0.15) is 0 Å². The summed E-state index contributed by atoms with van der Waals surface area (Å²) in [6, 6.07) is 2.57. The van der Waals surface area contributed by atoms with E-state index in [9.17, 15) is 9.18 Å². The molecule has 1 aliphatic rings. The highest BCUT2D eigenvalue weighted by Crippen LogP contribution is 2.24. The van der Waals surface area contributed by atoms with Gasteiger partial charge in [0.05, 0.1) is 17.4 Å². The molecule has 2 N–H and O–H groups in total. The van der Waals surface area contributed by atoms with Gasteiger partial charge in [0, 0.05) is 24.7 Å². The average Bonchev–Trinajstić information content (AvgIpc) is 2.85. The lowest BCUT2D eigenvalue weighted by Crippen LogP contribution is -2.34. The number of ether oxygens (including phenoxy) is 1. The predicted octanol–water partition coefficient (Wildman–Crippen LogP) is 2.42. The van der Waals surface area contributed by atoms with Crippen LogP contribution in [0.5, 0.6) is 0 Å². The number of carbonyl (C=O) groups is 1. The number of rotatable bonds is 3. The molecule has 1 unspecified atom stereocenters. The van der Waals surface area contributed by atoms with Crippen molar-refractivity contribution < 1.29 is 13.9 Å². The van der Waals surface area contributed by atoms with Crippen molar-refractivity contribution in [2.75, 3.05) is 25.9 Å². The van der Waals surface area contributed by atoms with Gasteiger partial charge in [0.1, 0.15) is 5.82 Å². The van der Waals surface area contributed by atoms with Gasteiger partial charge in [-0.25, -0.2) is 4.39 Å². The maximum Gasteiger partial charge on any atom is 0.254 e. The van der Waals surface area contributed by atoms with Gasteiger partial charge in [-0.05, 0) is 40.9 Å². The lowest BCUT2D eigenvalue weighted by Gasteiger charge is -2.21. The van der Waals surface area contributed by atoms with Crippen LogP contribution in [0.3, 0.4) is 0 Å². The fourth-order valence-corrected chi connectivity index (χ4v) is 2.60. The molecule has 2 rings (SSSR count). The minimum atomic E-state index is -0.537. The summed E-state index contributed by atoms with van der Waals surface area (Å²) in [5.74, 6) is -0.737.